The van der Waals surface area contributed by atoms with E-state index < -0.39 is 17.6 Å². The molecule has 0 fully saturated rings. The Morgan fingerprint density at radius 1 is 1.21 bits per heavy atom. The molecule has 28 heavy (non-hydrogen) atoms. The van der Waals surface area contributed by atoms with Gasteiger partial charge in [-0.25, -0.2) is 9.97 Å². The lowest BCUT2D eigenvalue weighted by atomic mass is 10.1. The quantitative estimate of drug-likeness (QED) is 0.689. The standard InChI is InChI=1S/C19H17F3N4OS/c1-26(2)16-8-12(6-7-23-16)10-24-17(27)15-11-28-18(25-15)13-4-3-5-14(9-13)19(20,21)22/h3-9,11H,10H2,1-2H3,(H,24,27). The summed E-state index contributed by atoms with van der Waals surface area (Å²) >= 11 is 1.12. The second kappa shape index (κ2) is 7.97. The zero-order chi connectivity index (χ0) is 20.3. The summed E-state index contributed by atoms with van der Waals surface area (Å²) in [5.74, 6) is 0.380. The van der Waals surface area contributed by atoms with E-state index in [2.05, 4.69) is 15.3 Å². The van der Waals surface area contributed by atoms with E-state index in [1.54, 1.807) is 12.3 Å². The SMILES string of the molecule is CN(C)c1cc(CNC(=O)c2csc(-c3cccc(C(F)(F)F)c3)n2)ccn1. The van der Waals surface area contributed by atoms with Crippen molar-refractivity contribution >= 4 is 23.1 Å². The van der Waals surface area contributed by atoms with Gasteiger partial charge in [0.2, 0.25) is 0 Å². The van der Waals surface area contributed by atoms with Crippen molar-refractivity contribution in [3.63, 3.8) is 0 Å². The first-order valence-electron chi connectivity index (χ1n) is 8.27. The highest BCUT2D eigenvalue weighted by atomic mass is 32.1. The van der Waals surface area contributed by atoms with Crippen molar-refractivity contribution in [3.05, 3.63) is 64.8 Å². The number of nitrogens with zero attached hydrogens (tertiary/aromatic N) is 3. The molecule has 0 aliphatic rings. The topological polar surface area (TPSA) is 58.1 Å². The van der Waals surface area contributed by atoms with Gasteiger partial charge in [-0.05, 0) is 29.8 Å². The Bertz CT molecular complexity index is 985. The van der Waals surface area contributed by atoms with Gasteiger partial charge in [-0.1, -0.05) is 12.1 Å². The number of thiazole rings is 1. The number of aromatic nitrogens is 2. The third kappa shape index (κ3) is 4.66. The zero-order valence-electron chi connectivity index (χ0n) is 15.1. The number of carbonyl (C=O) groups excluding carboxylic acids is 1. The van der Waals surface area contributed by atoms with Crippen LogP contribution in [0.2, 0.25) is 0 Å². The number of benzene rings is 1. The van der Waals surface area contributed by atoms with Crippen molar-refractivity contribution in [2.24, 2.45) is 0 Å². The fourth-order valence-corrected chi connectivity index (χ4v) is 3.22. The van der Waals surface area contributed by atoms with Crippen LogP contribution in [0.4, 0.5) is 19.0 Å². The highest BCUT2D eigenvalue weighted by Gasteiger charge is 2.30. The Hall–Kier alpha value is -2.94. The van der Waals surface area contributed by atoms with Crippen LogP contribution in [0.25, 0.3) is 10.6 Å². The summed E-state index contributed by atoms with van der Waals surface area (Å²) in [6.45, 7) is 0.290. The van der Waals surface area contributed by atoms with E-state index in [0.29, 0.717) is 17.1 Å². The van der Waals surface area contributed by atoms with E-state index in [-0.39, 0.29) is 5.69 Å². The molecule has 9 heteroatoms. The molecule has 0 spiro atoms. The van der Waals surface area contributed by atoms with Gasteiger partial charge in [0.05, 0.1) is 5.56 Å². The number of carbonyl (C=O) groups is 1. The Balaban J connectivity index is 1.70. The molecule has 0 radical (unpaired) electrons. The minimum absolute atomic E-state index is 0.166. The van der Waals surface area contributed by atoms with Crippen LogP contribution in [0.15, 0.2) is 48.0 Å². The van der Waals surface area contributed by atoms with Gasteiger partial charge in [0.15, 0.2) is 0 Å². The van der Waals surface area contributed by atoms with Crippen molar-refractivity contribution in [2.45, 2.75) is 12.7 Å². The maximum Gasteiger partial charge on any atom is 0.416 e. The molecule has 2 aromatic heterocycles. The number of halogens is 3. The number of nitrogens with one attached hydrogen (secondary N) is 1. The van der Waals surface area contributed by atoms with Crippen LogP contribution in [-0.2, 0) is 12.7 Å². The molecule has 0 unspecified atom stereocenters. The minimum Gasteiger partial charge on any atom is -0.363 e. The van der Waals surface area contributed by atoms with Crippen molar-refractivity contribution in [1.29, 1.82) is 0 Å². The smallest absolute Gasteiger partial charge is 0.363 e. The van der Waals surface area contributed by atoms with Crippen molar-refractivity contribution in [3.8, 4) is 10.6 Å². The van der Waals surface area contributed by atoms with Crippen LogP contribution in [0, 0.1) is 0 Å². The van der Waals surface area contributed by atoms with E-state index in [9.17, 15) is 18.0 Å². The number of rotatable bonds is 5. The number of pyridine rings is 1. The van der Waals surface area contributed by atoms with Crippen LogP contribution < -0.4 is 10.2 Å². The van der Waals surface area contributed by atoms with Gasteiger partial charge in [0, 0.05) is 37.8 Å². The summed E-state index contributed by atoms with van der Waals surface area (Å²) in [5.41, 5.74) is 0.615. The molecule has 0 aliphatic heterocycles. The molecule has 0 atom stereocenters. The van der Waals surface area contributed by atoms with Gasteiger partial charge in [-0.15, -0.1) is 11.3 Å². The van der Waals surface area contributed by atoms with Crippen molar-refractivity contribution in [1.82, 2.24) is 15.3 Å². The highest BCUT2D eigenvalue weighted by Crippen LogP contribution is 2.33. The average molecular weight is 406 g/mol. The first-order valence-corrected chi connectivity index (χ1v) is 9.15. The zero-order valence-corrected chi connectivity index (χ0v) is 15.9. The monoisotopic (exact) mass is 406 g/mol. The summed E-state index contributed by atoms with van der Waals surface area (Å²) in [6.07, 6.45) is -2.77. The molecule has 2 heterocycles. The molecule has 1 N–H and O–H groups in total. The number of hydrogen-bond acceptors (Lipinski definition) is 5. The lowest BCUT2D eigenvalue weighted by molar-refractivity contribution is -0.137. The predicted molar refractivity (Wildman–Crippen MR) is 102 cm³/mol. The number of hydrogen-bond donors (Lipinski definition) is 1. The molecule has 146 valence electrons. The maximum absolute atomic E-state index is 12.9. The largest absolute Gasteiger partial charge is 0.416 e. The summed E-state index contributed by atoms with van der Waals surface area (Å²) in [5, 5.41) is 4.65. The van der Waals surface area contributed by atoms with E-state index >= 15 is 0 Å². The molecular formula is C19H17F3N4OS. The fraction of sp³-hybridized carbons (Fsp3) is 0.211. The third-order valence-electron chi connectivity index (χ3n) is 3.89. The molecule has 0 aliphatic carbocycles. The molecule has 0 bridgehead atoms. The number of amides is 1. The molecule has 1 amide bonds. The third-order valence-corrected chi connectivity index (χ3v) is 4.79. The van der Waals surface area contributed by atoms with Gasteiger partial charge in [0.1, 0.15) is 16.5 Å². The van der Waals surface area contributed by atoms with Crippen LogP contribution >= 0.6 is 11.3 Å². The number of alkyl halides is 3. The molecule has 3 aromatic rings. The van der Waals surface area contributed by atoms with Crippen LogP contribution in [0.3, 0.4) is 0 Å². The first-order chi connectivity index (χ1) is 13.2. The minimum atomic E-state index is -4.43. The number of anilines is 1. The molecule has 3 rings (SSSR count). The van der Waals surface area contributed by atoms with Crippen molar-refractivity contribution in [2.75, 3.05) is 19.0 Å². The fourth-order valence-electron chi connectivity index (χ4n) is 2.43. The van der Waals surface area contributed by atoms with Gasteiger partial charge in [-0.3, -0.25) is 4.79 Å². The Morgan fingerprint density at radius 3 is 2.71 bits per heavy atom. The molecule has 0 saturated carbocycles. The summed E-state index contributed by atoms with van der Waals surface area (Å²) < 4.78 is 38.6. The Labute approximate surface area is 163 Å². The van der Waals surface area contributed by atoms with Gasteiger partial charge in [0.25, 0.3) is 5.91 Å². The van der Waals surface area contributed by atoms with Crippen molar-refractivity contribution < 1.29 is 18.0 Å². The summed E-state index contributed by atoms with van der Waals surface area (Å²) in [7, 11) is 3.74. The van der Waals surface area contributed by atoms with Gasteiger partial charge >= 0.3 is 6.18 Å². The van der Waals surface area contributed by atoms with E-state index in [0.717, 1.165) is 34.9 Å². The molecule has 0 saturated heterocycles. The molecule has 1 aromatic carbocycles. The van der Waals surface area contributed by atoms with E-state index in [1.807, 2.05) is 25.1 Å². The lowest BCUT2D eigenvalue weighted by Crippen LogP contribution is -2.23. The predicted octanol–water partition coefficient (Wildman–Crippen LogP) is 4.22. The van der Waals surface area contributed by atoms with E-state index in [1.165, 1.54) is 17.5 Å². The van der Waals surface area contributed by atoms with Gasteiger partial charge < -0.3 is 10.2 Å². The average Bonchev–Trinajstić information content (AvgIpc) is 3.16. The van der Waals surface area contributed by atoms with Crippen LogP contribution in [-0.4, -0.2) is 30.0 Å². The van der Waals surface area contributed by atoms with E-state index in [4.69, 9.17) is 0 Å². The second-order valence-electron chi connectivity index (χ2n) is 6.22. The Kier molecular flexibility index (Phi) is 5.64. The Morgan fingerprint density at radius 2 is 2.00 bits per heavy atom. The maximum atomic E-state index is 12.9. The lowest BCUT2D eigenvalue weighted by Gasteiger charge is -2.12. The molecule has 5 nitrogen and oxygen atoms in total. The highest BCUT2D eigenvalue weighted by molar-refractivity contribution is 7.13. The normalized spacial score (nSPS) is 11.3. The van der Waals surface area contributed by atoms with Gasteiger partial charge in [-0.2, -0.15) is 13.2 Å². The van der Waals surface area contributed by atoms with Crippen LogP contribution in [0.1, 0.15) is 21.6 Å². The summed E-state index contributed by atoms with van der Waals surface area (Å²) in [6, 6.07) is 8.54. The molecular weight excluding hydrogens is 389 g/mol. The summed E-state index contributed by atoms with van der Waals surface area (Å²) in [4.78, 5) is 22.6. The second-order valence-corrected chi connectivity index (χ2v) is 7.07. The first kappa shape index (κ1) is 19.8. The van der Waals surface area contributed by atoms with Crippen LogP contribution in [0.5, 0.6) is 0 Å².